The summed E-state index contributed by atoms with van der Waals surface area (Å²) < 4.78 is 31.7. The second-order valence-corrected chi connectivity index (χ2v) is 6.38. The second-order valence-electron chi connectivity index (χ2n) is 6.38. The molecule has 0 saturated heterocycles. The Bertz CT molecular complexity index is 1030. The van der Waals surface area contributed by atoms with Crippen molar-refractivity contribution in [2.24, 2.45) is 0 Å². The van der Waals surface area contributed by atoms with E-state index in [1.54, 1.807) is 13.2 Å². The van der Waals surface area contributed by atoms with Gasteiger partial charge in [0.1, 0.15) is 23.2 Å². The molecule has 0 unspecified atom stereocenters. The summed E-state index contributed by atoms with van der Waals surface area (Å²) in [7, 11) is 1.60. The van der Waals surface area contributed by atoms with Gasteiger partial charge in [0, 0.05) is 36.6 Å². The fourth-order valence-electron chi connectivity index (χ4n) is 2.65. The summed E-state index contributed by atoms with van der Waals surface area (Å²) in [6.45, 7) is 2.36. The molecule has 1 aromatic heterocycles. The normalized spacial score (nSPS) is 10.4. The zero-order valence-corrected chi connectivity index (χ0v) is 16.5. The standard InChI is InChI=1S/C21H21F2N5O2/c1-13-11-19(27-15-4-6-16(30-2)7-5-15)28-21(26-13)25-10-9-24-20(29)17-8-3-14(22)12-18(17)23/h3-8,11-12H,9-10H2,1-2H3,(H,24,29)(H2,25,26,27,28). The molecule has 156 valence electrons. The highest BCUT2D eigenvalue weighted by molar-refractivity contribution is 5.94. The number of hydrogen-bond acceptors (Lipinski definition) is 6. The molecule has 0 aliphatic rings. The Morgan fingerprint density at radius 1 is 1.03 bits per heavy atom. The lowest BCUT2D eigenvalue weighted by Gasteiger charge is -2.11. The van der Waals surface area contributed by atoms with Crippen molar-refractivity contribution in [3.63, 3.8) is 0 Å². The number of methoxy groups -OCH3 is 1. The summed E-state index contributed by atoms with van der Waals surface area (Å²) in [5, 5.41) is 8.76. The van der Waals surface area contributed by atoms with E-state index in [0.717, 1.165) is 29.3 Å². The molecule has 0 fully saturated rings. The number of halogens is 2. The van der Waals surface area contributed by atoms with Crippen LogP contribution in [0.5, 0.6) is 5.75 Å². The fourth-order valence-corrected chi connectivity index (χ4v) is 2.65. The van der Waals surface area contributed by atoms with Crippen molar-refractivity contribution in [2.75, 3.05) is 30.8 Å². The van der Waals surface area contributed by atoms with E-state index in [1.165, 1.54) is 0 Å². The average Bonchev–Trinajstić information content (AvgIpc) is 2.71. The molecule has 9 heteroatoms. The van der Waals surface area contributed by atoms with Crippen LogP contribution >= 0.6 is 0 Å². The van der Waals surface area contributed by atoms with E-state index in [-0.39, 0.29) is 12.1 Å². The van der Waals surface area contributed by atoms with Crippen molar-refractivity contribution in [3.05, 3.63) is 71.4 Å². The number of carbonyl (C=O) groups excluding carboxylic acids is 1. The lowest BCUT2D eigenvalue weighted by atomic mass is 10.2. The molecule has 3 aromatic rings. The largest absolute Gasteiger partial charge is 0.497 e. The van der Waals surface area contributed by atoms with Crippen LogP contribution in [0.4, 0.5) is 26.2 Å². The van der Waals surface area contributed by atoms with Crippen LogP contribution < -0.4 is 20.7 Å². The van der Waals surface area contributed by atoms with Gasteiger partial charge in [0.25, 0.3) is 5.91 Å². The topological polar surface area (TPSA) is 88.2 Å². The maximum atomic E-state index is 13.6. The van der Waals surface area contributed by atoms with E-state index < -0.39 is 17.5 Å². The first-order valence-electron chi connectivity index (χ1n) is 9.18. The minimum absolute atomic E-state index is 0.203. The highest BCUT2D eigenvalue weighted by Gasteiger charge is 2.12. The van der Waals surface area contributed by atoms with E-state index in [1.807, 2.05) is 31.2 Å². The number of nitrogens with one attached hydrogen (secondary N) is 3. The molecule has 0 saturated carbocycles. The molecule has 0 radical (unpaired) electrons. The molecule has 30 heavy (non-hydrogen) atoms. The first-order chi connectivity index (χ1) is 14.4. The minimum atomic E-state index is -0.906. The first-order valence-corrected chi connectivity index (χ1v) is 9.18. The number of aromatic nitrogens is 2. The zero-order chi connectivity index (χ0) is 21.5. The number of carbonyl (C=O) groups is 1. The number of anilines is 3. The van der Waals surface area contributed by atoms with Crippen molar-refractivity contribution in [2.45, 2.75) is 6.92 Å². The molecule has 0 spiro atoms. The lowest BCUT2D eigenvalue weighted by molar-refractivity contribution is 0.0951. The smallest absolute Gasteiger partial charge is 0.254 e. The van der Waals surface area contributed by atoms with Gasteiger partial charge in [0.15, 0.2) is 0 Å². The van der Waals surface area contributed by atoms with Crippen LogP contribution in [0.3, 0.4) is 0 Å². The van der Waals surface area contributed by atoms with Crippen molar-refractivity contribution < 1.29 is 18.3 Å². The van der Waals surface area contributed by atoms with E-state index in [9.17, 15) is 13.6 Å². The number of rotatable bonds is 8. The zero-order valence-electron chi connectivity index (χ0n) is 16.5. The Labute approximate surface area is 172 Å². The molecular formula is C21H21F2N5O2. The fraction of sp³-hybridized carbons (Fsp3) is 0.190. The molecule has 1 amide bonds. The maximum Gasteiger partial charge on any atom is 0.254 e. The number of hydrogen-bond donors (Lipinski definition) is 3. The molecule has 3 N–H and O–H groups in total. The summed E-state index contributed by atoms with van der Waals surface area (Å²) in [5.74, 6) is -0.524. The Hall–Kier alpha value is -3.75. The quantitative estimate of drug-likeness (QED) is 0.489. The van der Waals surface area contributed by atoms with Gasteiger partial charge in [0.2, 0.25) is 5.95 Å². The average molecular weight is 413 g/mol. The summed E-state index contributed by atoms with van der Waals surface area (Å²) >= 11 is 0. The van der Waals surface area contributed by atoms with Crippen LogP contribution in [0.2, 0.25) is 0 Å². The Morgan fingerprint density at radius 2 is 1.80 bits per heavy atom. The van der Waals surface area contributed by atoms with E-state index in [0.29, 0.717) is 24.4 Å². The van der Waals surface area contributed by atoms with Gasteiger partial charge in [-0.05, 0) is 43.3 Å². The summed E-state index contributed by atoms with van der Waals surface area (Å²) in [5.41, 5.74) is 1.38. The third-order valence-corrected chi connectivity index (χ3v) is 4.09. The molecular weight excluding hydrogens is 392 g/mol. The van der Waals surface area contributed by atoms with Gasteiger partial charge in [-0.3, -0.25) is 4.79 Å². The van der Waals surface area contributed by atoms with Crippen LogP contribution in [-0.4, -0.2) is 36.1 Å². The van der Waals surface area contributed by atoms with Gasteiger partial charge < -0.3 is 20.7 Å². The highest BCUT2D eigenvalue weighted by Crippen LogP contribution is 2.20. The highest BCUT2D eigenvalue weighted by atomic mass is 19.1. The van der Waals surface area contributed by atoms with Gasteiger partial charge in [-0.25, -0.2) is 13.8 Å². The Morgan fingerprint density at radius 3 is 2.50 bits per heavy atom. The maximum absolute atomic E-state index is 13.6. The Kier molecular flexibility index (Phi) is 6.74. The number of amides is 1. The Balaban J connectivity index is 1.54. The van der Waals surface area contributed by atoms with E-state index in [4.69, 9.17) is 4.74 Å². The minimum Gasteiger partial charge on any atom is -0.497 e. The lowest BCUT2D eigenvalue weighted by Crippen LogP contribution is -2.29. The third-order valence-electron chi connectivity index (χ3n) is 4.09. The van der Waals surface area contributed by atoms with Crippen LogP contribution in [-0.2, 0) is 0 Å². The summed E-state index contributed by atoms with van der Waals surface area (Å²) in [6, 6.07) is 12.0. The summed E-state index contributed by atoms with van der Waals surface area (Å²) in [6.07, 6.45) is 0. The van der Waals surface area contributed by atoms with E-state index >= 15 is 0 Å². The number of nitrogens with zero attached hydrogens (tertiary/aromatic N) is 2. The molecule has 0 atom stereocenters. The van der Waals surface area contributed by atoms with Crippen molar-refractivity contribution in [3.8, 4) is 5.75 Å². The number of benzene rings is 2. The number of aryl methyl sites for hydroxylation is 1. The first kappa shape index (κ1) is 21.0. The predicted molar refractivity (Wildman–Crippen MR) is 110 cm³/mol. The number of ether oxygens (including phenoxy) is 1. The molecule has 0 aliphatic carbocycles. The molecule has 3 rings (SSSR count). The van der Waals surface area contributed by atoms with Crippen molar-refractivity contribution in [1.29, 1.82) is 0 Å². The molecule has 2 aromatic carbocycles. The molecule has 0 aliphatic heterocycles. The molecule has 1 heterocycles. The monoisotopic (exact) mass is 413 g/mol. The van der Waals surface area contributed by atoms with Crippen molar-refractivity contribution in [1.82, 2.24) is 15.3 Å². The molecule has 0 bridgehead atoms. The third kappa shape index (κ3) is 5.63. The van der Waals surface area contributed by atoms with Crippen molar-refractivity contribution >= 4 is 23.4 Å². The van der Waals surface area contributed by atoms with Gasteiger partial charge in [0.05, 0.1) is 12.7 Å². The molecule has 7 nitrogen and oxygen atoms in total. The van der Waals surface area contributed by atoms with Crippen LogP contribution in [0.15, 0.2) is 48.5 Å². The second kappa shape index (κ2) is 9.64. The van der Waals surface area contributed by atoms with Gasteiger partial charge >= 0.3 is 0 Å². The van der Waals surface area contributed by atoms with Gasteiger partial charge in [-0.2, -0.15) is 4.98 Å². The van der Waals surface area contributed by atoms with E-state index in [2.05, 4.69) is 25.9 Å². The van der Waals surface area contributed by atoms with Crippen LogP contribution in [0.25, 0.3) is 0 Å². The summed E-state index contributed by atoms with van der Waals surface area (Å²) in [4.78, 5) is 20.7. The SMILES string of the molecule is COc1ccc(Nc2cc(C)nc(NCCNC(=O)c3ccc(F)cc3F)n2)cc1. The predicted octanol–water partition coefficient (Wildman–Crippen LogP) is 3.66. The van der Waals surface area contributed by atoms with Gasteiger partial charge in [-0.15, -0.1) is 0 Å². The van der Waals surface area contributed by atoms with Crippen LogP contribution in [0, 0.1) is 18.6 Å². The van der Waals surface area contributed by atoms with Gasteiger partial charge in [-0.1, -0.05) is 0 Å². The van der Waals surface area contributed by atoms with Crippen LogP contribution in [0.1, 0.15) is 16.1 Å².